The predicted molar refractivity (Wildman–Crippen MR) is 65.7 cm³/mol. The van der Waals surface area contributed by atoms with Gasteiger partial charge in [-0.05, 0) is 12.1 Å². The minimum absolute atomic E-state index is 0.277. The number of aromatic nitrogens is 1. The van der Waals surface area contributed by atoms with Crippen LogP contribution in [0.5, 0.6) is 0 Å². The lowest BCUT2D eigenvalue weighted by molar-refractivity contribution is -0.00209. The number of benzene rings is 1. The van der Waals surface area contributed by atoms with E-state index in [9.17, 15) is 9.90 Å². The quantitative estimate of drug-likeness (QED) is 0.787. The van der Waals surface area contributed by atoms with Crippen molar-refractivity contribution in [3.05, 3.63) is 65.5 Å². The van der Waals surface area contributed by atoms with Crippen LogP contribution in [0, 0.1) is 0 Å². The minimum Gasteiger partial charge on any atom is -0.366 e. The zero-order valence-corrected chi connectivity index (χ0v) is 9.63. The second-order valence-corrected chi connectivity index (χ2v) is 4.35. The highest BCUT2D eigenvalue weighted by Crippen LogP contribution is 2.27. The molecular weight excluding hydrogens is 228 g/mol. The maximum Gasteiger partial charge on any atom is 0.255 e. The summed E-state index contributed by atoms with van der Waals surface area (Å²) in [7, 11) is 0. The summed E-state index contributed by atoms with van der Waals surface area (Å²) in [6, 6.07) is 12.5. The van der Waals surface area contributed by atoms with Crippen LogP contribution in [0.25, 0.3) is 0 Å². The van der Waals surface area contributed by atoms with Gasteiger partial charge in [-0.3, -0.25) is 9.78 Å². The number of hydrogen-bond donors (Lipinski definition) is 2. The summed E-state index contributed by atoms with van der Waals surface area (Å²) in [6.07, 6.45) is 1.90. The number of amides is 1. The molecule has 1 aromatic carbocycles. The lowest BCUT2D eigenvalue weighted by Gasteiger charge is -2.33. The van der Waals surface area contributed by atoms with E-state index >= 15 is 0 Å². The van der Waals surface area contributed by atoms with Crippen molar-refractivity contribution >= 4 is 5.91 Å². The van der Waals surface area contributed by atoms with Crippen molar-refractivity contribution in [2.24, 2.45) is 0 Å². The number of hydrogen-bond acceptors (Lipinski definition) is 3. The van der Waals surface area contributed by atoms with E-state index in [1.807, 2.05) is 18.2 Å². The Morgan fingerprint density at radius 2 is 1.94 bits per heavy atom. The fraction of sp³-hybridized carbons (Fsp3) is 0.143. The van der Waals surface area contributed by atoms with Crippen LogP contribution in [-0.4, -0.2) is 16.0 Å². The van der Waals surface area contributed by atoms with Crippen molar-refractivity contribution in [1.29, 1.82) is 0 Å². The molecule has 4 nitrogen and oxygen atoms in total. The summed E-state index contributed by atoms with van der Waals surface area (Å²) < 4.78 is 0. The molecule has 1 aromatic heterocycles. The second-order valence-electron chi connectivity index (χ2n) is 4.35. The molecule has 0 fully saturated rings. The van der Waals surface area contributed by atoms with Gasteiger partial charge < -0.3 is 10.4 Å². The van der Waals surface area contributed by atoms with E-state index in [1.165, 1.54) is 0 Å². The Hall–Kier alpha value is -2.20. The molecular formula is C14H12N2O2. The van der Waals surface area contributed by atoms with Gasteiger partial charge in [0.2, 0.25) is 0 Å². The average Bonchev–Trinajstić information content (AvgIpc) is 2.40. The maximum atomic E-state index is 12.0. The van der Waals surface area contributed by atoms with Crippen LogP contribution in [0.15, 0.2) is 48.7 Å². The highest BCUT2D eigenvalue weighted by molar-refractivity contribution is 5.96. The van der Waals surface area contributed by atoms with Crippen molar-refractivity contribution in [3.8, 4) is 0 Å². The molecule has 1 amide bonds. The van der Waals surface area contributed by atoms with E-state index in [4.69, 9.17) is 0 Å². The van der Waals surface area contributed by atoms with Gasteiger partial charge in [-0.15, -0.1) is 0 Å². The summed E-state index contributed by atoms with van der Waals surface area (Å²) in [5, 5.41) is 13.2. The van der Waals surface area contributed by atoms with Gasteiger partial charge in [-0.25, -0.2) is 0 Å². The molecule has 18 heavy (non-hydrogen) atoms. The number of fused-ring (bicyclic) bond motifs is 1. The van der Waals surface area contributed by atoms with Gasteiger partial charge in [-0.2, -0.15) is 0 Å². The summed E-state index contributed by atoms with van der Waals surface area (Å²) in [4.78, 5) is 16.1. The lowest BCUT2D eigenvalue weighted by Crippen LogP contribution is -2.51. The van der Waals surface area contributed by atoms with Crippen LogP contribution in [-0.2, 0) is 12.1 Å². The third-order valence-electron chi connectivity index (χ3n) is 3.13. The molecule has 0 aliphatic carbocycles. The molecule has 2 heterocycles. The molecule has 2 aromatic rings. The Morgan fingerprint density at radius 1 is 1.17 bits per heavy atom. The minimum atomic E-state index is -1.38. The largest absolute Gasteiger partial charge is 0.366 e. The van der Waals surface area contributed by atoms with E-state index in [0.717, 1.165) is 0 Å². The molecule has 3 rings (SSSR count). The SMILES string of the molecule is O=C1NC(O)(c2ccccc2)Cc2ncccc21. The monoisotopic (exact) mass is 240 g/mol. The summed E-state index contributed by atoms with van der Waals surface area (Å²) >= 11 is 0. The van der Waals surface area contributed by atoms with Crippen LogP contribution >= 0.6 is 0 Å². The van der Waals surface area contributed by atoms with Gasteiger partial charge in [0.05, 0.1) is 11.3 Å². The second kappa shape index (κ2) is 3.92. The third kappa shape index (κ3) is 1.67. The third-order valence-corrected chi connectivity index (χ3v) is 3.13. The number of nitrogens with one attached hydrogen (secondary N) is 1. The average molecular weight is 240 g/mol. The van der Waals surface area contributed by atoms with E-state index < -0.39 is 5.72 Å². The number of carbonyl (C=O) groups excluding carboxylic acids is 1. The Labute approximate surface area is 104 Å². The fourth-order valence-corrected chi connectivity index (χ4v) is 2.22. The van der Waals surface area contributed by atoms with Gasteiger partial charge >= 0.3 is 0 Å². The van der Waals surface area contributed by atoms with Crippen molar-refractivity contribution in [1.82, 2.24) is 10.3 Å². The van der Waals surface area contributed by atoms with Gasteiger partial charge in [0.25, 0.3) is 5.91 Å². The molecule has 1 unspecified atom stereocenters. The molecule has 4 heteroatoms. The van der Waals surface area contributed by atoms with Gasteiger partial charge in [-0.1, -0.05) is 30.3 Å². The Morgan fingerprint density at radius 3 is 2.72 bits per heavy atom. The highest BCUT2D eigenvalue weighted by Gasteiger charge is 2.37. The highest BCUT2D eigenvalue weighted by atomic mass is 16.3. The zero-order valence-electron chi connectivity index (χ0n) is 9.63. The summed E-state index contributed by atoms with van der Waals surface area (Å²) in [5.74, 6) is -0.296. The van der Waals surface area contributed by atoms with Gasteiger partial charge in [0.15, 0.2) is 5.72 Å². The predicted octanol–water partition coefficient (Wildman–Crippen LogP) is 1.21. The summed E-state index contributed by atoms with van der Waals surface area (Å²) in [5.41, 5.74) is 0.431. The van der Waals surface area contributed by atoms with E-state index in [2.05, 4.69) is 10.3 Å². The zero-order chi connectivity index (χ0) is 12.6. The lowest BCUT2D eigenvalue weighted by atomic mass is 9.91. The molecule has 1 atom stereocenters. The van der Waals surface area contributed by atoms with Crippen LogP contribution < -0.4 is 5.32 Å². The smallest absolute Gasteiger partial charge is 0.255 e. The van der Waals surface area contributed by atoms with E-state index in [0.29, 0.717) is 16.8 Å². The molecule has 0 bridgehead atoms. The molecule has 0 radical (unpaired) electrons. The first-order chi connectivity index (χ1) is 8.69. The standard InChI is InChI=1S/C14H12N2O2/c17-13-11-7-4-8-15-12(11)9-14(18,16-13)10-5-2-1-3-6-10/h1-8,18H,9H2,(H,16,17). The maximum absolute atomic E-state index is 12.0. The van der Waals surface area contributed by atoms with E-state index in [1.54, 1.807) is 30.5 Å². The van der Waals surface area contributed by atoms with Gasteiger partial charge in [0.1, 0.15) is 0 Å². The van der Waals surface area contributed by atoms with Crippen molar-refractivity contribution < 1.29 is 9.90 Å². The van der Waals surface area contributed by atoms with Crippen molar-refractivity contribution in [3.63, 3.8) is 0 Å². The van der Waals surface area contributed by atoms with Crippen LogP contribution in [0.4, 0.5) is 0 Å². The fourth-order valence-electron chi connectivity index (χ4n) is 2.22. The first-order valence-corrected chi connectivity index (χ1v) is 5.73. The van der Waals surface area contributed by atoms with Crippen molar-refractivity contribution in [2.45, 2.75) is 12.1 Å². The topological polar surface area (TPSA) is 62.2 Å². The Balaban J connectivity index is 2.06. The Kier molecular flexibility index (Phi) is 2.38. The van der Waals surface area contributed by atoms with Crippen molar-refractivity contribution in [2.75, 3.05) is 0 Å². The first kappa shape index (κ1) is 10.9. The first-order valence-electron chi connectivity index (χ1n) is 5.73. The number of aliphatic hydroxyl groups is 1. The molecule has 0 spiro atoms. The van der Waals surface area contributed by atoms with Crippen LogP contribution in [0.2, 0.25) is 0 Å². The molecule has 0 saturated heterocycles. The molecule has 1 aliphatic rings. The van der Waals surface area contributed by atoms with Gasteiger partial charge in [0, 0.05) is 18.2 Å². The number of rotatable bonds is 1. The molecule has 90 valence electrons. The molecule has 2 N–H and O–H groups in total. The molecule has 1 aliphatic heterocycles. The number of carbonyl (C=O) groups is 1. The van der Waals surface area contributed by atoms with Crippen LogP contribution in [0.3, 0.4) is 0 Å². The van der Waals surface area contributed by atoms with E-state index in [-0.39, 0.29) is 12.3 Å². The summed E-state index contributed by atoms with van der Waals surface area (Å²) in [6.45, 7) is 0. The van der Waals surface area contributed by atoms with Crippen LogP contribution in [0.1, 0.15) is 21.6 Å². The Bertz CT molecular complexity index is 598. The number of pyridine rings is 1. The molecule has 0 saturated carbocycles. The normalized spacial score (nSPS) is 22.2. The number of nitrogens with zero attached hydrogens (tertiary/aromatic N) is 1.